The molecule has 0 spiro atoms. The number of hydrogen-bond acceptors (Lipinski definition) is 13. The lowest BCUT2D eigenvalue weighted by Crippen LogP contribution is -2.58. The van der Waals surface area contributed by atoms with Crippen molar-refractivity contribution in [3.63, 3.8) is 0 Å². The Labute approximate surface area is 707 Å². The monoisotopic (exact) mass is 1690 g/mol. The fraction of sp³-hybridized carbons (Fsp3) is 0.469. The Kier molecular flexibility index (Phi) is 36.5. The van der Waals surface area contributed by atoms with Crippen LogP contribution in [0.15, 0.2) is 227 Å². The molecule has 5 aromatic carbocycles. The standard InChI is InChI=1S/C39H55BrN4O2.C31H45N3O2.C13H15NO.C8H10BrN.C7H7N/c1-9-21-39(8,28-34(30-19-24-41-25-20-30)46-44-36(2,3)22-11-23-37(44,4)5)32-13-10-12-31(27-32)38(6,7)43-35(45)42-26-18-29-14-16-33(40)17-15-29;1-9-16-31(8,26-13-10-12-25(21-26)30(6,7)33-23-35)22-27(24-14-19-32-20-15-24)36-34-28(2,3)17-11-18-29(34,4)5;1-10(2)11-6-5-7-12(8-11)13(3,4)14-9-15;9-8-3-1-7(2-4-8)5-6-10;1-2-7-3-5-8-6-4-7/h10,12-17,19-20,24-25,27,34H,9,11,18,21-23,26,28H2,1-8H3,(H2,42,43,45);10,12-15,19-21,27H,9,11,16-18,22H2,1-8H3;5-8H,1H2,2-4H3;1-4H,5-6,10H2;2-6H,1H2. The van der Waals surface area contributed by atoms with Gasteiger partial charge in [0.15, 0.2) is 0 Å². The first-order valence-corrected chi connectivity index (χ1v) is 42.5. The van der Waals surface area contributed by atoms with Gasteiger partial charge >= 0.3 is 6.03 Å². The van der Waals surface area contributed by atoms with Crippen LogP contribution in [0.3, 0.4) is 0 Å². The van der Waals surface area contributed by atoms with Crippen molar-refractivity contribution in [1.29, 1.82) is 0 Å². The predicted octanol–water partition coefficient (Wildman–Crippen LogP) is 24.6. The van der Waals surface area contributed by atoms with Crippen LogP contribution in [-0.4, -0.2) is 78.5 Å². The van der Waals surface area contributed by atoms with E-state index >= 15 is 0 Å². The molecule has 4 N–H and O–H groups in total. The first kappa shape index (κ1) is 95.7. The van der Waals surface area contributed by atoms with E-state index in [1.807, 2.05) is 126 Å². The van der Waals surface area contributed by atoms with Crippen molar-refractivity contribution in [2.75, 3.05) is 13.1 Å². The molecule has 17 heteroatoms. The molecule has 2 saturated heterocycles. The number of urea groups is 1. The van der Waals surface area contributed by atoms with Gasteiger partial charge in [-0.2, -0.15) is 20.1 Å². The number of pyridine rings is 3. The van der Waals surface area contributed by atoms with Crippen LogP contribution in [0.4, 0.5) is 4.79 Å². The highest BCUT2D eigenvalue weighted by atomic mass is 79.9. The first-order valence-electron chi connectivity index (χ1n) is 40.9. The van der Waals surface area contributed by atoms with Crippen LogP contribution in [0.2, 0.25) is 0 Å². The number of piperidine rings is 2. The molecular weight excluding hydrogens is 1560 g/mol. The van der Waals surface area contributed by atoms with Crippen LogP contribution in [0.25, 0.3) is 11.6 Å². The summed E-state index contributed by atoms with van der Waals surface area (Å²) in [6.07, 6.45) is 30.2. The minimum Gasteiger partial charge on any atom is -0.338 e. The summed E-state index contributed by atoms with van der Waals surface area (Å²) in [5.41, 5.74) is 16.7. The molecule has 5 heterocycles. The molecule has 618 valence electrons. The van der Waals surface area contributed by atoms with Crippen molar-refractivity contribution in [2.24, 2.45) is 15.7 Å². The first-order chi connectivity index (χ1) is 54.2. The number of nitrogens with one attached hydrogen (secondary N) is 2. The number of carbonyl (C=O) groups is 1. The highest BCUT2D eigenvalue weighted by molar-refractivity contribution is 9.10. The maximum Gasteiger partial charge on any atom is 0.315 e. The van der Waals surface area contributed by atoms with E-state index in [9.17, 15) is 14.4 Å². The number of aliphatic imine (C=N–C) groups is 2. The molecule has 0 aliphatic carbocycles. The van der Waals surface area contributed by atoms with Crippen molar-refractivity contribution in [3.8, 4) is 0 Å². The summed E-state index contributed by atoms with van der Waals surface area (Å²) in [5.74, 6) is 0. The van der Waals surface area contributed by atoms with E-state index in [1.54, 1.807) is 30.6 Å². The fourth-order valence-corrected chi connectivity index (χ4v) is 16.3. The number of hydrogen-bond donors (Lipinski definition) is 3. The van der Waals surface area contributed by atoms with Crippen LogP contribution in [0.5, 0.6) is 0 Å². The Morgan fingerprint density at radius 3 is 1.29 bits per heavy atom. The summed E-state index contributed by atoms with van der Waals surface area (Å²) in [6.45, 7) is 50.2. The van der Waals surface area contributed by atoms with Gasteiger partial charge in [0.25, 0.3) is 0 Å². The van der Waals surface area contributed by atoms with Gasteiger partial charge < -0.3 is 16.4 Å². The van der Waals surface area contributed by atoms with E-state index in [0.717, 1.165) is 137 Å². The summed E-state index contributed by atoms with van der Waals surface area (Å²) in [7, 11) is 0. The average Bonchev–Trinajstić information content (AvgIpc) is 0.774. The number of rotatable bonds is 29. The number of hydroxylamine groups is 4. The molecule has 2 aliphatic rings. The second kappa shape index (κ2) is 43.9. The van der Waals surface area contributed by atoms with Gasteiger partial charge in [-0.3, -0.25) is 24.6 Å². The topological polar surface area (TPSA) is 190 Å². The molecular formula is C98H132Br2N10O5. The number of halogens is 2. The number of carbonyl (C=O) groups excluding carboxylic acids is 3. The number of isocyanates is 2. The van der Waals surface area contributed by atoms with Crippen LogP contribution in [0.1, 0.15) is 282 Å². The molecule has 0 bridgehead atoms. The Hall–Kier alpha value is -8.18. The average molecular weight is 1690 g/mol. The van der Waals surface area contributed by atoms with Crippen molar-refractivity contribution < 1.29 is 24.1 Å². The third-order valence-electron chi connectivity index (χ3n) is 22.4. The molecule has 15 nitrogen and oxygen atoms in total. The summed E-state index contributed by atoms with van der Waals surface area (Å²) in [5, 5.41) is 10.8. The minimum atomic E-state index is -0.617. The van der Waals surface area contributed by atoms with Gasteiger partial charge in [0.05, 0.1) is 16.6 Å². The molecule has 4 atom stereocenters. The van der Waals surface area contributed by atoms with Gasteiger partial charge in [-0.05, 0) is 326 Å². The van der Waals surface area contributed by atoms with Crippen LogP contribution in [-0.2, 0) is 59.6 Å². The fourth-order valence-electron chi connectivity index (χ4n) is 15.8. The largest absolute Gasteiger partial charge is 0.338 e. The van der Waals surface area contributed by atoms with Crippen molar-refractivity contribution in [3.05, 3.63) is 278 Å². The van der Waals surface area contributed by atoms with Gasteiger partial charge in [0, 0.05) is 74.8 Å². The van der Waals surface area contributed by atoms with E-state index in [1.165, 1.54) is 35.1 Å². The highest BCUT2D eigenvalue weighted by Gasteiger charge is 2.47. The van der Waals surface area contributed by atoms with E-state index < -0.39 is 16.6 Å². The van der Waals surface area contributed by atoms with Crippen molar-refractivity contribution in [1.82, 2.24) is 35.7 Å². The molecule has 2 amide bonds. The molecule has 2 fully saturated rings. The maximum atomic E-state index is 13.0. The van der Waals surface area contributed by atoms with Gasteiger partial charge in [-0.15, -0.1) is 0 Å². The normalized spacial score (nSPS) is 16.5. The minimum absolute atomic E-state index is 0.0506. The van der Waals surface area contributed by atoms with Gasteiger partial charge in [0.1, 0.15) is 12.2 Å². The van der Waals surface area contributed by atoms with Crippen LogP contribution >= 0.6 is 31.9 Å². The zero-order chi connectivity index (χ0) is 84.9. The third kappa shape index (κ3) is 29.1. The zero-order valence-electron chi connectivity index (χ0n) is 72.4. The van der Waals surface area contributed by atoms with E-state index in [4.69, 9.17) is 15.4 Å². The molecule has 2 aliphatic heterocycles. The Balaban J connectivity index is 0.000000259. The number of aromatic nitrogens is 3. The molecule has 8 aromatic rings. The van der Waals surface area contributed by atoms with Gasteiger partial charge in [0.2, 0.25) is 12.2 Å². The Morgan fingerprint density at radius 1 is 0.548 bits per heavy atom. The number of nitrogens with zero attached hydrogens (tertiary/aromatic N) is 7. The smallest absolute Gasteiger partial charge is 0.315 e. The summed E-state index contributed by atoms with van der Waals surface area (Å²) < 4.78 is 2.17. The quantitative estimate of drug-likeness (QED) is 0.0299. The molecule has 3 aromatic heterocycles. The molecule has 115 heavy (non-hydrogen) atoms. The zero-order valence-corrected chi connectivity index (χ0v) is 75.6. The lowest BCUT2D eigenvalue weighted by atomic mass is 9.72. The molecule has 10 rings (SSSR count). The summed E-state index contributed by atoms with van der Waals surface area (Å²) >= 11 is 6.84. The number of amides is 2. The number of allylic oxidation sites excluding steroid dienone is 1. The van der Waals surface area contributed by atoms with E-state index in [2.05, 4.69) is 279 Å². The molecule has 4 unspecified atom stereocenters. The van der Waals surface area contributed by atoms with Crippen LogP contribution in [0, 0.1) is 0 Å². The summed E-state index contributed by atoms with van der Waals surface area (Å²) in [4.78, 5) is 68.8. The van der Waals surface area contributed by atoms with Crippen LogP contribution < -0.4 is 16.4 Å². The predicted molar refractivity (Wildman–Crippen MR) is 483 cm³/mol. The highest BCUT2D eigenvalue weighted by Crippen LogP contribution is 2.48. The number of nitrogens with two attached hydrogens (primary N) is 1. The van der Waals surface area contributed by atoms with E-state index in [-0.39, 0.29) is 51.2 Å². The second-order valence-electron chi connectivity index (χ2n) is 35.4. The third-order valence-corrected chi connectivity index (χ3v) is 23.5. The molecule has 0 radical (unpaired) electrons. The lowest BCUT2D eigenvalue weighted by Gasteiger charge is -2.53. The van der Waals surface area contributed by atoms with E-state index in [0.29, 0.717) is 6.54 Å². The van der Waals surface area contributed by atoms with Crippen molar-refractivity contribution >= 4 is 61.7 Å². The van der Waals surface area contributed by atoms with Crippen molar-refractivity contribution in [2.45, 2.75) is 283 Å². The number of benzene rings is 5. The Morgan fingerprint density at radius 2 is 0.913 bits per heavy atom. The molecule has 0 saturated carbocycles. The van der Waals surface area contributed by atoms with Gasteiger partial charge in [-0.1, -0.05) is 188 Å². The summed E-state index contributed by atoms with van der Waals surface area (Å²) in [6, 6.07) is 53.7. The Bertz CT molecular complexity index is 4390. The SMILES string of the molecule is C=C(C)c1cccc(C(C)(C)N=C=O)c1.C=Cc1ccncc1.CCCC(C)(CC(ON1C(C)(C)CCCC1(C)C)c1ccncc1)c1cccc(C(C)(C)N=C=O)c1.CCCC(C)(CC(ON1C(C)(C)CCCC1(C)C)c1ccncc1)c1cccc(C(C)(C)NC(=O)NCCc2ccc(Br)cc2)c1.NCCc1ccc(Br)cc1. The maximum absolute atomic E-state index is 13.0. The van der Waals surface area contributed by atoms with Gasteiger partial charge in [-0.25, -0.2) is 14.4 Å². The second-order valence-corrected chi connectivity index (χ2v) is 37.2. The lowest BCUT2D eigenvalue weighted by molar-refractivity contribution is -0.310.